The van der Waals surface area contributed by atoms with Crippen molar-refractivity contribution in [2.24, 2.45) is 23.1 Å². The Kier molecular flexibility index (Phi) is 6.67. The van der Waals surface area contributed by atoms with Crippen LogP contribution in [0.1, 0.15) is 52.0 Å². The number of carbonyl (C=O) groups excluding carboxylic acids is 1. The van der Waals surface area contributed by atoms with Crippen LogP contribution < -0.4 is 27.4 Å². The van der Waals surface area contributed by atoms with Crippen molar-refractivity contribution in [3.8, 4) is 0 Å². The number of nitrogens with zero attached hydrogens (tertiary/aromatic N) is 2. The van der Waals surface area contributed by atoms with Gasteiger partial charge in [-0.3, -0.25) is 17.2 Å². The first-order valence-electron chi connectivity index (χ1n) is 9.50. The highest BCUT2D eigenvalue weighted by atomic mass is 16.6. The van der Waals surface area contributed by atoms with Gasteiger partial charge in [0.25, 0.3) is 0 Å². The van der Waals surface area contributed by atoms with Gasteiger partial charge in [0.1, 0.15) is 11.4 Å². The molecule has 0 aliphatic heterocycles. The molecule has 0 saturated heterocycles. The number of amides is 1. The van der Waals surface area contributed by atoms with Crippen molar-refractivity contribution in [2.75, 3.05) is 11.4 Å². The Balaban J connectivity index is 1.90. The maximum Gasteiger partial charge on any atom is 0.407 e. The van der Waals surface area contributed by atoms with Crippen LogP contribution in [0.4, 0.5) is 10.6 Å². The molecule has 0 aromatic carbocycles. The summed E-state index contributed by atoms with van der Waals surface area (Å²) in [4.78, 5) is 18.1. The van der Waals surface area contributed by atoms with Gasteiger partial charge in [0.05, 0.1) is 0 Å². The minimum atomic E-state index is -1.48. The van der Waals surface area contributed by atoms with Gasteiger partial charge in [-0.15, -0.1) is 0 Å². The highest BCUT2D eigenvalue weighted by Crippen LogP contribution is 2.27. The van der Waals surface area contributed by atoms with Crippen LogP contribution in [0.2, 0.25) is 0 Å². The van der Waals surface area contributed by atoms with Crippen LogP contribution in [0.3, 0.4) is 0 Å². The van der Waals surface area contributed by atoms with Gasteiger partial charge < -0.3 is 15.0 Å². The van der Waals surface area contributed by atoms with E-state index in [0.29, 0.717) is 18.3 Å². The minimum Gasteiger partial charge on any atom is -0.444 e. The van der Waals surface area contributed by atoms with Crippen LogP contribution in [0.25, 0.3) is 0 Å². The molecule has 27 heavy (non-hydrogen) atoms. The smallest absolute Gasteiger partial charge is 0.407 e. The molecule has 0 atom stereocenters. The number of ether oxygens (including phenoxy) is 1. The number of hydrogen-bond donors (Lipinski definition) is 4. The van der Waals surface area contributed by atoms with Crippen molar-refractivity contribution < 1.29 is 9.53 Å². The van der Waals surface area contributed by atoms with Gasteiger partial charge in [0, 0.05) is 18.8 Å². The lowest BCUT2D eigenvalue weighted by atomic mass is 9.85. The van der Waals surface area contributed by atoms with E-state index < -0.39 is 11.5 Å². The number of aryl methyl sites for hydroxylation is 1. The Labute approximate surface area is 161 Å². The highest BCUT2D eigenvalue weighted by Gasteiger charge is 2.30. The zero-order valence-electron chi connectivity index (χ0n) is 16.9. The number of anilines is 1. The standard InChI is InChI=1S/C19H34N6O2/c1-13-5-10-16(23-11-13)25(19(20,21)22)12-14-6-8-15(9-7-14)24-17(26)27-18(2,3)4/h5,10-11,14-15H,6-9,12,20-22H2,1-4H3,(H,24,26). The van der Waals surface area contributed by atoms with Crippen molar-refractivity contribution in [1.29, 1.82) is 0 Å². The van der Waals surface area contributed by atoms with Crippen molar-refractivity contribution in [3.05, 3.63) is 23.9 Å². The Morgan fingerprint density at radius 3 is 2.33 bits per heavy atom. The molecule has 1 aromatic rings. The van der Waals surface area contributed by atoms with Crippen LogP contribution in [-0.2, 0) is 4.74 Å². The fourth-order valence-electron chi connectivity index (χ4n) is 3.29. The van der Waals surface area contributed by atoms with Gasteiger partial charge in [-0.25, -0.2) is 9.78 Å². The number of rotatable bonds is 5. The molecule has 0 spiro atoms. The lowest BCUT2D eigenvalue weighted by Crippen LogP contribution is -2.71. The van der Waals surface area contributed by atoms with Crippen LogP contribution in [0.5, 0.6) is 0 Å². The van der Waals surface area contributed by atoms with Crippen LogP contribution in [-0.4, -0.2) is 35.2 Å². The lowest BCUT2D eigenvalue weighted by Gasteiger charge is -2.39. The molecule has 8 heteroatoms. The maximum absolute atomic E-state index is 11.9. The summed E-state index contributed by atoms with van der Waals surface area (Å²) in [6.45, 7) is 8.17. The summed E-state index contributed by atoms with van der Waals surface area (Å²) in [6, 6.07) is 3.97. The molecule has 1 heterocycles. The third-order valence-electron chi connectivity index (χ3n) is 4.65. The van der Waals surface area contributed by atoms with Gasteiger partial charge in [0.15, 0.2) is 5.91 Å². The first kappa shape index (κ1) is 21.4. The van der Waals surface area contributed by atoms with Crippen molar-refractivity contribution in [3.63, 3.8) is 0 Å². The predicted molar refractivity (Wildman–Crippen MR) is 107 cm³/mol. The van der Waals surface area contributed by atoms with Gasteiger partial charge in [-0.2, -0.15) is 0 Å². The summed E-state index contributed by atoms with van der Waals surface area (Å²) in [6.07, 6.45) is 5.06. The summed E-state index contributed by atoms with van der Waals surface area (Å²) >= 11 is 0. The number of aromatic nitrogens is 1. The molecule has 0 bridgehead atoms. The van der Waals surface area contributed by atoms with E-state index in [0.717, 1.165) is 31.2 Å². The Hall–Kier alpha value is -1.90. The first-order chi connectivity index (χ1) is 12.4. The number of pyridine rings is 1. The van der Waals surface area contributed by atoms with Crippen LogP contribution >= 0.6 is 0 Å². The maximum atomic E-state index is 11.9. The molecule has 1 fully saturated rings. The van der Waals surface area contributed by atoms with E-state index in [4.69, 9.17) is 21.9 Å². The number of nitrogens with two attached hydrogens (primary N) is 3. The van der Waals surface area contributed by atoms with Gasteiger partial charge in [0.2, 0.25) is 0 Å². The summed E-state index contributed by atoms with van der Waals surface area (Å²) in [5.74, 6) is -0.435. The van der Waals surface area contributed by atoms with Crippen molar-refractivity contribution in [1.82, 2.24) is 10.3 Å². The molecule has 7 N–H and O–H groups in total. The summed E-state index contributed by atoms with van der Waals surface area (Å²) < 4.78 is 5.33. The average Bonchev–Trinajstić information content (AvgIpc) is 2.52. The van der Waals surface area contributed by atoms with E-state index in [1.165, 1.54) is 0 Å². The quantitative estimate of drug-likeness (QED) is 0.574. The zero-order chi connectivity index (χ0) is 20.2. The highest BCUT2D eigenvalue weighted by molar-refractivity contribution is 5.68. The Morgan fingerprint density at radius 2 is 1.85 bits per heavy atom. The fourth-order valence-corrected chi connectivity index (χ4v) is 3.29. The van der Waals surface area contributed by atoms with Gasteiger partial charge >= 0.3 is 6.09 Å². The number of hydrogen-bond acceptors (Lipinski definition) is 7. The Bertz CT molecular complexity index is 613. The molecular formula is C19H34N6O2. The van der Waals surface area contributed by atoms with Gasteiger partial charge in [-0.05, 0) is 70.9 Å². The fraction of sp³-hybridized carbons (Fsp3) is 0.684. The molecule has 1 amide bonds. The normalized spacial score (nSPS) is 20.9. The molecule has 1 aromatic heterocycles. The average molecular weight is 379 g/mol. The first-order valence-corrected chi connectivity index (χ1v) is 9.50. The SMILES string of the molecule is Cc1ccc(N(CC2CCC(NC(=O)OC(C)(C)C)CC2)C(N)(N)N)nc1. The summed E-state index contributed by atoms with van der Waals surface area (Å²) in [7, 11) is 0. The topological polar surface area (TPSA) is 133 Å². The third kappa shape index (κ3) is 6.97. The number of nitrogens with one attached hydrogen (secondary N) is 1. The largest absolute Gasteiger partial charge is 0.444 e. The van der Waals surface area contributed by atoms with E-state index >= 15 is 0 Å². The second-order valence-electron chi connectivity index (χ2n) is 8.56. The molecule has 8 nitrogen and oxygen atoms in total. The number of alkyl carbamates (subject to hydrolysis) is 1. The minimum absolute atomic E-state index is 0.125. The molecule has 2 rings (SSSR count). The second-order valence-corrected chi connectivity index (χ2v) is 8.56. The zero-order valence-corrected chi connectivity index (χ0v) is 16.9. The Morgan fingerprint density at radius 1 is 1.22 bits per heavy atom. The van der Waals surface area contributed by atoms with E-state index in [9.17, 15) is 4.79 Å². The van der Waals surface area contributed by atoms with E-state index in [2.05, 4.69) is 10.3 Å². The van der Waals surface area contributed by atoms with Gasteiger partial charge in [-0.1, -0.05) is 6.07 Å². The molecule has 0 unspecified atom stereocenters. The second kappa shape index (κ2) is 8.41. The molecule has 1 aliphatic rings. The summed E-state index contributed by atoms with van der Waals surface area (Å²) in [5, 5.41) is 2.96. The predicted octanol–water partition coefficient (Wildman–Crippen LogP) is 1.77. The van der Waals surface area contributed by atoms with Crippen LogP contribution in [0, 0.1) is 12.8 Å². The molecule has 152 valence electrons. The molecule has 0 radical (unpaired) electrons. The monoisotopic (exact) mass is 378 g/mol. The molecule has 1 saturated carbocycles. The van der Waals surface area contributed by atoms with E-state index in [1.807, 2.05) is 39.8 Å². The van der Waals surface area contributed by atoms with E-state index in [1.54, 1.807) is 11.1 Å². The lowest BCUT2D eigenvalue weighted by molar-refractivity contribution is 0.0487. The molecule has 1 aliphatic carbocycles. The van der Waals surface area contributed by atoms with E-state index in [-0.39, 0.29) is 12.1 Å². The third-order valence-corrected chi connectivity index (χ3v) is 4.65. The van der Waals surface area contributed by atoms with Crippen molar-refractivity contribution in [2.45, 2.75) is 70.9 Å². The van der Waals surface area contributed by atoms with Crippen LogP contribution in [0.15, 0.2) is 18.3 Å². The molecular weight excluding hydrogens is 344 g/mol. The van der Waals surface area contributed by atoms with Crippen molar-refractivity contribution >= 4 is 11.9 Å². The number of carbonyl (C=O) groups is 1. The summed E-state index contributed by atoms with van der Waals surface area (Å²) in [5.41, 5.74) is 18.5.